The van der Waals surface area contributed by atoms with Crippen molar-refractivity contribution in [3.63, 3.8) is 0 Å². The topological polar surface area (TPSA) is 82.4 Å². The zero-order valence-electron chi connectivity index (χ0n) is 17.3. The Kier molecular flexibility index (Phi) is 7.70. The van der Waals surface area contributed by atoms with Gasteiger partial charge in [0.05, 0.1) is 6.04 Å². The van der Waals surface area contributed by atoms with Crippen molar-refractivity contribution >= 4 is 23.6 Å². The van der Waals surface area contributed by atoms with Gasteiger partial charge in [-0.1, -0.05) is 24.3 Å². The summed E-state index contributed by atoms with van der Waals surface area (Å²) < 4.78 is 18.2. The van der Waals surface area contributed by atoms with E-state index in [1.165, 1.54) is 25.1 Å². The zero-order chi connectivity index (χ0) is 22.3. The lowest BCUT2D eigenvalue weighted by atomic mass is 10.1. The van der Waals surface area contributed by atoms with E-state index in [0.29, 0.717) is 11.1 Å². The van der Waals surface area contributed by atoms with E-state index in [0.717, 1.165) is 5.69 Å². The number of rotatable bonds is 7. The third-order valence-corrected chi connectivity index (χ3v) is 4.44. The maximum atomic E-state index is 13.0. The number of carbonyl (C=O) groups excluding carboxylic acids is 2. The first-order valence-corrected chi connectivity index (χ1v) is 9.37. The van der Waals surface area contributed by atoms with E-state index in [2.05, 4.69) is 5.32 Å². The number of hydrogen-bond donors (Lipinski definition) is 1. The molecule has 7 heteroatoms. The Balaban J connectivity index is 2.00. The molecular formula is C23H24FN3O3. The molecule has 2 atom stereocenters. The van der Waals surface area contributed by atoms with Crippen LogP contribution in [0.25, 0.3) is 6.08 Å². The van der Waals surface area contributed by atoms with E-state index in [1.807, 2.05) is 37.2 Å². The van der Waals surface area contributed by atoms with Crippen LogP contribution >= 0.6 is 0 Å². The normalized spacial score (nSPS) is 13.0. The highest BCUT2D eigenvalue weighted by molar-refractivity contribution is 5.99. The van der Waals surface area contributed by atoms with E-state index in [4.69, 9.17) is 4.74 Å². The molecule has 1 N–H and O–H groups in total. The number of nitrogens with one attached hydrogen (secondary N) is 1. The largest absolute Gasteiger partial charge is 0.448 e. The van der Waals surface area contributed by atoms with Gasteiger partial charge in [-0.15, -0.1) is 0 Å². The van der Waals surface area contributed by atoms with Crippen LogP contribution < -0.4 is 10.2 Å². The number of nitrogens with zero attached hydrogens (tertiary/aromatic N) is 2. The Morgan fingerprint density at radius 2 is 1.70 bits per heavy atom. The Hall–Kier alpha value is -3.66. The number of amides is 1. The van der Waals surface area contributed by atoms with E-state index < -0.39 is 24.0 Å². The maximum Gasteiger partial charge on any atom is 0.349 e. The van der Waals surface area contributed by atoms with Crippen LogP contribution in [-0.4, -0.2) is 32.1 Å². The SMILES string of the molecule is C[C@H](OC(=O)/C(C#N)=C/c1ccc(N(C)C)cc1)C(=O)N[C@H](C)c1ccc(F)cc1. The molecule has 2 aromatic carbocycles. The number of esters is 1. The van der Waals surface area contributed by atoms with E-state index in [9.17, 15) is 19.2 Å². The van der Waals surface area contributed by atoms with Gasteiger partial charge in [-0.05, 0) is 55.3 Å². The van der Waals surface area contributed by atoms with Gasteiger partial charge in [0.1, 0.15) is 17.5 Å². The van der Waals surface area contributed by atoms with Gasteiger partial charge in [-0.2, -0.15) is 5.26 Å². The lowest BCUT2D eigenvalue weighted by molar-refractivity contribution is -0.151. The van der Waals surface area contributed by atoms with Gasteiger partial charge in [0.15, 0.2) is 6.10 Å². The Morgan fingerprint density at radius 1 is 1.10 bits per heavy atom. The molecule has 30 heavy (non-hydrogen) atoms. The summed E-state index contributed by atoms with van der Waals surface area (Å²) in [6.07, 6.45) is 0.307. The number of benzene rings is 2. The summed E-state index contributed by atoms with van der Waals surface area (Å²) in [7, 11) is 3.82. The molecule has 156 valence electrons. The second-order valence-corrected chi connectivity index (χ2v) is 6.99. The number of anilines is 1. The van der Waals surface area contributed by atoms with Crippen LogP contribution in [0.3, 0.4) is 0 Å². The van der Waals surface area contributed by atoms with Crippen molar-refractivity contribution in [1.82, 2.24) is 5.32 Å². The first-order chi connectivity index (χ1) is 14.2. The first kappa shape index (κ1) is 22.6. The van der Waals surface area contributed by atoms with Crippen LogP contribution in [0.15, 0.2) is 54.1 Å². The van der Waals surface area contributed by atoms with E-state index >= 15 is 0 Å². The van der Waals surface area contributed by atoms with Gasteiger partial charge in [0, 0.05) is 19.8 Å². The van der Waals surface area contributed by atoms with Gasteiger partial charge < -0.3 is 15.0 Å². The third kappa shape index (κ3) is 6.17. The molecule has 0 radical (unpaired) electrons. The molecule has 0 aliphatic rings. The smallest absolute Gasteiger partial charge is 0.349 e. The molecule has 6 nitrogen and oxygen atoms in total. The molecule has 2 aromatic rings. The average Bonchev–Trinajstić information content (AvgIpc) is 2.72. The maximum absolute atomic E-state index is 13.0. The van der Waals surface area contributed by atoms with Crippen molar-refractivity contribution in [3.8, 4) is 6.07 Å². The van der Waals surface area contributed by atoms with Crippen LogP contribution in [-0.2, 0) is 14.3 Å². The zero-order valence-corrected chi connectivity index (χ0v) is 17.3. The van der Waals surface area contributed by atoms with Crippen molar-refractivity contribution in [2.45, 2.75) is 26.0 Å². The van der Waals surface area contributed by atoms with Crippen molar-refractivity contribution in [1.29, 1.82) is 5.26 Å². The fraction of sp³-hybridized carbons (Fsp3) is 0.261. The van der Waals surface area contributed by atoms with E-state index in [1.54, 1.807) is 31.2 Å². The third-order valence-electron chi connectivity index (χ3n) is 4.44. The van der Waals surface area contributed by atoms with Crippen molar-refractivity contribution in [2.75, 3.05) is 19.0 Å². The number of carbonyl (C=O) groups is 2. The highest BCUT2D eigenvalue weighted by Gasteiger charge is 2.22. The minimum Gasteiger partial charge on any atom is -0.448 e. The molecule has 0 aromatic heterocycles. The van der Waals surface area contributed by atoms with E-state index in [-0.39, 0.29) is 11.4 Å². The molecule has 0 aliphatic carbocycles. The highest BCUT2D eigenvalue weighted by atomic mass is 19.1. The molecule has 0 spiro atoms. The Labute approximate surface area is 175 Å². The summed E-state index contributed by atoms with van der Waals surface area (Å²) in [4.78, 5) is 26.6. The predicted octanol–water partition coefficient (Wildman–Crippen LogP) is 3.61. The van der Waals surface area contributed by atoms with Gasteiger partial charge in [-0.3, -0.25) is 4.79 Å². The van der Waals surface area contributed by atoms with Crippen molar-refractivity contribution in [3.05, 3.63) is 71.0 Å². The fourth-order valence-electron chi connectivity index (χ4n) is 2.62. The van der Waals surface area contributed by atoms with Crippen LogP contribution in [0.2, 0.25) is 0 Å². The van der Waals surface area contributed by atoms with Crippen LogP contribution in [0.5, 0.6) is 0 Å². The average molecular weight is 409 g/mol. The Morgan fingerprint density at radius 3 is 2.23 bits per heavy atom. The molecule has 0 fully saturated rings. The summed E-state index contributed by atoms with van der Waals surface area (Å²) in [5.74, 6) is -1.77. The van der Waals surface area contributed by atoms with Gasteiger partial charge in [0.2, 0.25) is 0 Å². The molecule has 2 rings (SSSR count). The van der Waals surface area contributed by atoms with Crippen LogP contribution in [0.4, 0.5) is 10.1 Å². The fourth-order valence-corrected chi connectivity index (χ4v) is 2.62. The van der Waals surface area contributed by atoms with Crippen molar-refractivity contribution < 1.29 is 18.7 Å². The molecule has 0 aliphatic heterocycles. The van der Waals surface area contributed by atoms with Crippen molar-refractivity contribution in [2.24, 2.45) is 0 Å². The molecule has 0 saturated carbocycles. The lowest BCUT2D eigenvalue weighted by Gasteiger charge is -2.18. The van der Waals surface area contributed by atoms with Gasteiger partial charge in [0.25, 0.3) is 5.91 Å². The summed E-state index contributed by atoms with van der Waals surface area (Å²) >= 11 is 0. The number of hydrogen-bond acceptors (Lipinski definition) is 5. The number of ether oxygens (including phenoxy) is 1. The second kappa shape index (κ2) is 10.2. The first-order valence-electron chi connectivity index (χ1n) is 9.37. The second-order valence-electron chi connectivity index (χ2n) is 6.99. The summed E-state index contributed by atoms with van der Waals surface area (Å²) in [5, 5.41) is 12.0. The summed E-state index contributed by atoms with van der Waals surface area (Å²) in [6.45, 7) is 3.16. The predicted molar refractivity (Wildman–Crippen MR) is 113 cm³/mol. The molecule has 0 heterocycles. The molecule has 0 unspecified atom stereocenters. The standard InChI is InChI=1S/C23H24FN3O3/c1-15(18-7-9-20(24)10-8-18)26-22(28)16(2)30-23(29)19(14-25)13-17-5-11-21(12-6-17)27(3)4/h5-13,15-16H,1-4H3,(H,26,28)/b19-13+/t15-,16+/m1/s1. The molecule has 0 saturated heterocycles. The minimum atomic E-state index is -1.10. The molecule has 1 amide bonds. The Bertz CT molecular complexity index is 961. The van der Waals surface area contributed by atoms with Gasteiger partial charge in [-0.25, -0.2) is 9.18 Å². The lowest BCUT2D eigenvalue weighted by Crippen LogP contribution is -2.37. The van der Waals surface area contributed by atoms with Crippen LogP contribution in [0.1, 0.15) is 31.0 Å². The number of nitriles is 1. The highest BCUT2D eigenvalue weighted by Crippen LogP contribution is 2.16. The summed E-state index contributed by atoms with van der Waals surface area (Å²) in [5.41, 5.74) is 2.14. The summed E-state index contributed by atoms with van der Waals surface area (Å²) in [6, 6.07) is 14.4. The molecular weight excluding hydrogens is 385 g/mol. The monoisotopic (exact) mass is 409 g/mol. The molecule has 0 bridgehead atoms. The minimum absolute atomic E-state index is 0.209. The quantitative estimate of drug-likeness (QED) is 0.429. The van der Waals surface area contributed by atoms with Gasteiger partial charge >= 0.3 is 5.97 Å². The van der Waals surface area contributed by atoms with Crippen LogP contribution in [0, 0.1) is 17.1 Å². The number of halogens is 1.